The molecule has 0 N–H and O–H groups in total. The minimum atomic E-state index is -3.72. The molecule has 0 bridgehead atoms. The lowest BCUT2D eigenvalue weighted by molar-refractivity contribution is 0.109. The van der Waals surface area contributed by atoms with Crippen LogP contribution in [0.1, 0.15) is 33.3 Å². The van der Waals surface area contributed by atoms with Crippen LogP contribution in [0, 0.1) is 0 Å². The van der Waals surface area contributed by atoms with E-state index in [1.807, 2.05) is 12.1 Å². The van der Waals surface area contributed by atoms with Gasteiger partial charge in [-0.25, -0.2) is 16.8 Å². The Morgan fingerprint density at radius 3 is 2.07 bits per heavy atom. The van der Waals surface area contributed by atoms with Crippen LogP contribution >= 0.6 is 0 Å². The number of sulfone groups is 2. The lowest BCUT2D eigenvalue weighted by Gasteiger charge is -2.39. The Hall–Kier alpha value is -0.960. The minimum absolute atomic E-state index is 0.0664. The molecule has 0 unspecified atom stereocenters. The molecule has 0 aliphatic carbocycles. The molecule has 0 amide bonds. The molecule has 1 aromatic rings. The van der Waals surface area contributed by atoms with Crippen molar-refractivity contribution in [1.82, 2.24) is 9.80 Å². The molecule has 28 heavy (non-hydrogen) atoms. The maximum atomic E-state index is 13.4. The van der Waals surface area contributed by atoms with Crippen molar-refractivity contribution >= 4 is 19.7 Å². The largest absolute Gasteiger partial charge is 0.301 e. The molecule has 0 saturated carbocycles. The quantitative estimate of drug-likeness (QED) is 0.725. The van der Waals surface area contributed by atoms with Crippen LogP contribution in [0.25, 0.3) is 0 Å². The van der Waals surface area contributed by atoms with Crippen LogP contribution in [0.3, 0.4) is 0 Å². The first kappa shape index (κ1) is 21.7. The lowest BCUT2D eigenvalue weighted by atomic mass is 9.87. The summed E-state index contributed by atoms with van der Waals surface area (Å²) >= 11 is 0. The Kier molecular flexibility index (Phi) is 5.98. The molecule has 8 heteroatoms. The van der Waals surface area contributed by atoms with E-state index in [2.05, 4.69) is 37.5 Å². The van der Waals surface area contributed by atoms with E-state index < -0.39 is 31.0 Å². The molecule has 2 heterocycles. The van der Waals surface area contributed by atoms with E-state index in [9.17, 15) is 16.8 Å². The third-order valence-corrected chi connectivity index (χ3v) is 10.2. The number of nitrogens with zero attached hydrogens (tertiary/aromatic N) is 2. The van der Waals surface area contributed by atoms with Crippen LogP contribution in [-0.4, -0.2) is 82.2 Å². The average Bonchev–Trinajstić information content (AvgIpc) is 2.97. The second-order valence-electron chi connectivity index (χ2n) is 8.97. The zero-order valence-corrected chi connectivity index (χ0v) is 18.9. The van der Waals surface area contributed by atoms with E-state index in [1.54, 1.807) is 12.1 Å². The molecule has 1 aromatic carbocycles. The van der Waals surface area contributed by atoms with Crippen LogP contribution in [0.15, 0.2) is 29.2 Å². The Balaban J connectivity index is 1.88. The topological polar surface area (TPSA) is 74.8 Å². The molecule has 2 atom stereocenters. The second-order valence-corrected chi connectivity index (χ2v) is 13.3. The van der Waals surface area contributed by atoms with Gasteiger partial charge < -0.3 is 4.90 Å². The first-order chi connectivity index (χ1) is 12.9. The molecule has 6 nitrogen and oxygen atoms in total. The number of likely N-dealkylation sites (N-methyl/N-ethyl adjacent to an activating group) is 1. The van der Waals surface area contributed by atoms with Crippen molar-refractivity contribution in [2.24, 2.45) is 0 Å². The van der Waals surface area contributed by atoms with Gasteiger partial charge in [-0.1, -0.05) is 39.8 Å². The number of hydrogen-bond donors (Lipinski definition) is 0. The van der Waals surface area contributed by atoms with Gasteiger partial charge >= 0.3 is 0 Å². The Morgan fingerprint density at radius 2 is 1.57 bits per heavy atom. The molecule has 3 rings (SSSR count). The summed E-state index contributed by atoms with van der Waals surface area (Å²) in [4.78, 5) is 4.59. The van der Waals surface area contributed by atoms with Gasteiger partial charge in [0, 0.05) is 32.2 Å². The van der Waals surface area contributed by atoms with E-state index in [1.165, 1.54) is 0 Å². The summed E-state index contributed by atoms with van der Waals surface area (Å²) < 4.78 is 51.5. The van der Waals surface area contributed by atoms with Crippen molar-refractivity contribution in [1.29, 1.82) is 0 Å². The highest BCUT2D eigenvalue weighted by Crippen LogP contribution is 2.31. The molecule has 2 fully saturated rings. The molecular formula is C20H32N2O4S2. The fourth-order valence-electron chi connectivity index (χ4n) is 4.16. The predicted molar refractivity (Wildman–Crippen MR) is 112 cm³/mol. The number of piperazine rings is 1. The summed E-state index contributed by atoms with van der Waals surface area (Å²) in [5.74, 6) is -0.349. The van der Waals surface area contributed by atoms with Gasteiger partial charge in [-0.15, -0.1) is 0 Å². The monoisotopic (exact) mass is 428 g/mol. The van der Waals surface area contributed by atoms with Crippen molar-refractivity contribution in [2.75, 3.05) is 44.2 Å². The van der Waals surface area contributed by atoms with E-state index in [0.29, 0.717) is 13.1 Å². The van der Waals surface area contributed by atoms with Gasteiger partial charge in [-0.3, -0.25) is 4.90 Å². The molecule has 2 aliphatic heterocycles. The molecule has 0 spiro atoms. The second kappa shape index (κ2) is 7.70. The lowest BCUT2D eigenvalue weighted by Crippen LogP contribution is -2.54. The number of benzene rings is 1. The van der Waals surface area contributed by atoms with E-state index >= 15 is 0 Å². The van der Waals surface area contributed by atoms with Crippen molar-refractivity contribution in [3.8, 4) is 0 Å². The smallest absolute Gasteiger partial charge is 0.183 e. The summed E-state index contributed by atoms with van der Waals surface area (Å²) in [5, 5.41) is -0.897. The fourth-order valence-corrected chi connectivity index (χ4v) is 8.99. The first-order valence-corrected chi connectivity index (χ1v) is 13.3. The predicted octanol–water partition coefficient (Wildman–Crippen LogP) is 1.56. The van der Waals surface area contributed by atoms with Crippen molar-refractivity contribution in [3.63, 3.8) is 0 Å². The summed E-state index contributed by atoms with van der Waals surface area (Å²) in [6, 6.07) is 6.48. The van der Waals surface area contributed by atoms with E-state index in [0.717, 1.165) is 25.2 Å². The van der Waals surface area contributed by atoms with Crippen LogP contribution < -0.4 is 0 Å². The normalized spacial score (nSPS) is 27.1. The molecule has 2 saturated heterocycles. The zero-order valence-electron chi connectivity index (χ0n) is 17.3. The van der Waals surface area contributed by atoms with Crippen LogP contribution in [0.2, 0.25) is 0 Å². The Morgan fingerprint density at radius 1 is 1.00 bits per heavy atom. The van der Waals surface area contributed by atoms with Gasteiger partial charge in [0.1, 0.15) is 0 Å². The SMILES string of the molecule is CCN1CCN([C@H]2CS(=O)(=O)C[C@@H]2S(=O)(=O)c2ccc(C(C)(C)C)cc2)CC1. The Labute approximate surface area is 169 Å². The van der Waals surface area contributed by atoms with Crippen LogP contribution in [0.5, 0.6) is 0 Å². The fraction of sp³-hybridized carbons (Fsp3) is 0.700. The standard InChI is InChI=1S/C20H32N2O4S2/c1-5-21-10-12-22(13-11-21)18-14-27(23,24)15-19(18)28(25,26)17-8-6-16(7-9-17)20(2,3)4/h6-9,18-19H,5,10-15H2,1-4H3/t18-,19-/m0/s1. The van der Waals surface area contributed by atoms with Crippen LogP contribution in [0.4, 0.5) is 0 Å². The third kappa shape index (κ3) is 4.45. The van der Waals surface area contributed by atoms with Crippen molar-refractivity contribution < 1.29 is 16.8 Å². The average molecular weight is 429 g/mol. The molecular weight excluding hydrogens is 396 g/mol. The van der Waals surface area contributed by atoms with E-state index in [-0.39, 0.29) is 21.8 Å². The van der Waals surface area contributed by atoms with Crippen molar-refractivity contribution in [3.05, 3.63) is 29.8 Å². The number of hydrogen-bond acceptors (Lipinski definition) is 6. The number of rotatable bonds is 4. The first-order valence-electron chi connectivity index (χ1n) is 9.95. The molecule has 0 aromatic heterocycles. The van der Waals surface area contributed by atoms with Gasteiger partial charge in [-0.2, -0.15) is 0 Å². The van der Waals surface area contributed by atoms with Gasteiger partial charge in [0.25, 0.3) is 0 Å². The third-order valence-electron chi connectivity index (χ3n) is 6.04. The van der Waals surface area contributed by atoms with Crippen molar-refractivity contribution in [2.45, 2.75) is 49.3 Å². The molecule has 158 valence electrons. The highest BCUT2D eigenvalue weighted by molar-refractivity contribution is 7.96. The Bertz CT molecular complexity index is 895. The summed E-state index contributed by atoms with van der Waals surface area (Å²) in [6.45, 7) is 12.4. The summed E-state index contributed by atoms with van der Waals surface area (Å²) in [6.07, 6.45) is 0. The summed E-state index contributed by atoms with van der Waals surface area (Å²) in [7, 11) is -7.09. The minimum Gasteiger partial charge on any atom is -0.301 e. The van der Waals surface area contributed by atoms with E-state index in [4.69, 9.17) is 0 Å². The maximum absolute atomic E-state index is 13.4. The van der Waals surface area contributed by atoms with Gasteiger partial charge in [0.2, 0.25) is 0 Å². The zero-order chi connectivity index (χ0) is 20.7. The maximum Gasteiger partial charge on any atom is 0.183 e. The van der Waals surface area contributed by atoms with Crippen LogP contribution in [-0.2, 0) is 25.1 Å². The van der Waals surface area contributed by atoms with Gasteiger partial charge in [0.05, 0.1) is 21.7 Å². The van der Waals surface area contributed by atoms with Gasteiger partial charge in [-0.05, 0) is 29.7 Å². The summed E-state index contributed by atoms with van der Waals surface area (Å²) in [5.41, 5.74) is 0.984. The molecule has 2 aliphatic rings. The molecule has 0 radical (unpaired) electrons. The highest BCUT2D eigenvalue weighted by Gasteiger charge is 2.48. The van der Waals surface area contributed by atoms with Gasteiger partial charge in [0.15, 0.2) is 19.7 Å². The highest BCUT2D eigenvalue weighted by atomic mass is 32.2.